The number of carboxylic acids is 1. The third-order valence-electron chi connectivity index (χ3n) is 8.36. The van der Waals surface area contributed by atoms with Gasteiger partial charge >= 0.3 is 18.1 Å². The summed E-state index contributed by atoms with van der Waals surface area (Å²) < 4.78 is 43.2. The van der Waals surface area contributed by atoms with E-state index in [1.807, 2.05) is 13.1 Å². The second kappa shape index (κ2) is 11.3. The van der Waals surface area contributed by atoms with E-state index in [-0.39, 0.29) is 24.8 Å². The molecule has 12 nitrogen and oxygen atoms in total. The van der Waals surface area contributed by atoms with Crippen molar-refractivity contribution < 1.29 is 62.2 Å². The molecule has 1 aromatic rings. The highest BCUT2D eigenvalue weighted by atomic mass is 19.4. The quantitative estimate of drug-likeness (QED) is 0.211. The molecule has 42 heavy (non-hydrogen) atoms. The number of nitrogens with one attached hydrogen (secondary N) is 1. The lowest BCUT2D eigenvalue weighted by atomic mass is 9.50. The molecule has 5 rings (SSSR count). The van der Waals surface area contributed by atoms with E-state index in [0.29, 0.717) is 30.7 Å². The van der Waals surface area contributed by atoms with Crippen molar-refractivity contribution in [1.82, 2.24) is 10.2 Å². The molecule has 2 heterocycles. The second-order valence-corrected chi connectivity index (χ2v) is 10.8. The van der Waals surface area contributed by atoms with Crippen LogP contribution in [0.1, 0.15) is 42.9 Å². The van der Waals surface area contributed by atoms with Gasteiger partial charge in [-0.25, -0.2) is 4.79 Å². The van der Waals surface area contributed by atoms with Gasteiger partial charge in [-0.1, -0.05) is 12.1 Å². The topological polar surface area (TPSA) is 183 Å². The second-order valence-electron chi connectivity index (χ2n) is 10.8. The molecule has 0 aromatic heterocycles. The minimum atomic E-state index is -4.64. The van der Waals surface area contributed by atoms with E-state index in [9.17, 15) is 48.0 Å². The molecule has 4 aliphatic rings. The van der Waals surface area contributed by atoms with Gasteiger partial charge in [0.15, 0.2) is 6.10 Å². The molecule has 0 unspecified atom stereocenters. The summed E-state index contributed by atoms with van der Waals surface area (Å²) in [5.41, 5.74) is 0.358. The van der Waals surface area contributed by atoms with Gasteiger partial charge in [0.2, 0.25) is 12.2 Å². The maximum atomic E-state index is 12.8. The van der Waals surface area contributed by atoms with E-state index in [4.69, 9.17) is 14.3 Å². The summed E-state index contributed by atoms with van der Waals surface area (Å²) in [5, 5.41) is 43.0. The SMILES string of the molecule is C[C@H](O)C(=O)N[C@@H](CC(=O)OC1=CC[C@@]2(O)[C@H]3Cc4ccc(CO)c5c4[C@@]2(CCN3C)[C@H]1O5)C(=O)O.O=CC(F)(F)F. The average Bonchev–Trinajstić information content (AvgIpc) is 3.27. The molecular formula is C27H31F3N2O10. The fourth-order valence-electron chi connectivity index (χ4n) is 6.46. The Hall–Kier alpha value is -3.53. The zero-order valence-electron chi connectivity index (χ0n) is 22.7. The molecule has 2 bridgehead atoms. The highest BCUT2D eigenvalue weighted by Crippen LogP contribution is 2.64. The number of carbonyl (C=O) groups excluding carboxylic acids is 3. The molecule has 6 atom stereocenters. The molecule has 0 saturated carbocycles. The number of aliphatic hydroxyl groups excluding tert-OH is 2. The molecule has 1 spiro atoms. The van der Waals surface area contributed by atoms with Gasteiger partial charge < -0.3 is 40.1 Å². The number of alkyl halides is 3. The zero-order valence-corrected chi connectivity index (χ0v) is 22.7. The van der Waals surface area contributed by atoms with Crippen LogP contribution in [-0.4, -0.2) is 99.1 Å². The van der Waals surface area contributed by atoms with Crippen LogP contribution < -0.4 is 10.1 Å². The maximum Gasteiger partial charge on any atom is 0.446 e. The molecule has 2 aliphatic heterocycles. The summed E-state index contributed by atoms with van der Waals surface area (Å²) in [4.78, 5) is 47.0. The van der Waals surface area contributed by atoms with Crippen molar-refractivity contribution >= 4 is 24.1 Å². The van der Waals surface area contributed by atoms with Crippen molar-refractivity contribution in [3.63, 3.8) is 0 Å². The third kappa shape index (κ3) is 5.25. The highest BCUT2D eigenvalue weighted by molar-refractivity contribution is 5.88. The van der Waals surface area contributed by atoms with Crippen molar-refractivity contribution in [1.29, 1.82) is 0 Å². The Morgan fingerprint density at radius 1 is 1.31 bits per heavy atom. The van der Waals surface area contributed by atoms with Crippen LogP contribution in [-0.2, 0) is 42.4 Å². The molecule has 5 N–H and O–H groups in total. The molecule has 230 valence electrons. The number of hydrogen-bond acceptors (Lipinski definition) is 10. The number of ether oxygens (including phenoxy) is 2. The van der Waals surface area contributed by atoms with Gasteiger partial charge in [-0.05, 0) is 45.0 Å². The summed E-state index contributed by atoms with van der Waals surface area (Å²) in [7, 11) is 1.97. The first-order chi connectivity index (χ1) is 19.6. The van der Waals surface area contributed by atoms with E-state index in [2.05, 4.69) is 10.2 Å². The number of aldehydes is 1. The summed E-state index contributed by atoms with van der Waals surface area (Å²) in [6, 6.07) is 1.99. The molecular weight excluding hydrogens is 569 g/mol. The number of piperidine rings is 1. The number of likely N-dealkylation sites (tertiary alicyclic amines) is 1. The van der Waals surface area contributed by atoms with Gasteiger partial charge in [0.25, 0.3) is 0 Å². The van der Waals surface area contributed by atoms with Gasteiger partial charge in [-0.3, -0.25) is 14.4 Å². The summed E-state index contributed by atoms with van der Waals surface area (Å²) in [5.74, 6) is -2.60. The Morgan fingerprint density at radius 3 is 2.55 bits per heavy atom. The molecule has 15 heteroatoms. The first-order valence-electron chi connectivity index (χ1n) is 13.1. The van der Waals surface area contributed by atoms with Gasteiger partial charge in [0.1, 0.15) is 23.7 Å². The van der Waals surface area contributed by atoms with Crippen molar-refractivity contribution in [2.45, 2.75) is 80.7 Å². The predicted molar refractivity (Wildman–Crippen MR) is 135 cm³/mol. The zero-order chi connectivity index (χ0) is 31.2. The van der Waals surface area contributed by atoms with Crippen molar-refractivity contribution in [2.24, 2.45) is 0 Å². The largest absolute Gasteiger partial charge is 0.481 e. The van der Waals surface area contributed by atoms with E-state index in [1.54, 1.807) is 12.1 Å². The lowest BCUT2D eigenvalue weighted by Gasteiger charge is -2.61. The Balaban J connectivity index is 0.000000612. The van der Waals surface area contributed by atoms with E-state index < -0.39 is 66.0 Å². The Labute approximate surface area is 237 Å². The Morgan fingerprint density at radius 2 is 1.98 bits per heavy atom. The van der Waals surface area contributed by atoms with Crippen LogP contribution >= 0.6 is 0 Å². The number of esters is 1. The number of carbonyl (C=O) groups is 4. The van der Waals surface area contributed by atoms with Crippen molar-refractivity contribution in [3.8, 4) is 5.75 Å². The molecule has 1 fully saturated rings. The fraction of sp³-hybridized carbons (Fsp3) is 0.556. The van der Waals surface area contributed by atoms with Crippen LogP contribution in [0.3, 0.4) is 0 Å². The van der Waals surface area contributed by atoms with Gasteiger partial charge in [0.05, 0.1) is 24.0 Å². The van der Waals surface area contributed by atoms with Crippen LogP contribution in [0.15, 0.2) is 24.0 Å². The average molecular weight is 601 g/mol. The van der Waals surface area contributed by atoms with E-state index in [0.717, 1.165) is 11.1 Å². The predicted octanol–water partition coefficient (Wildman–Crippen LogP) is 0.0877. The smallest absolute Gasteiger partial charge is 0.446 e. The Kier molecular flexibility index (Phi) is 8.43. The van der Waals surface area contributed by atoms with Gasteiger partial charge in [-0.15, -0.1) is 0 Å². The number of nitrogens with zero attached hydrogens (tertiary/aromatic N) is 1. The molecule has 1 aromatic carbocycles. The van der Waals surface area contributed by atoms with E-state index >= 15 is 0 Å². The van der Waals surface area contributed by atoms with Gasteiger partial charge in [-0.2, -0.15) is 13.2 Å². The van der Waals surface area contributed by atoms with Crippen LogP contribution in [0.2, 0.25) is 0 Å². The van der Waals surface area contributed by atoms with Crippen LogP contribution in [0, 0.1) is 0 Å². The number of amides is 1. The minimum absolute atomic E-state index is 0.173. The summed E-state index contributed by atoms with van der Waals surface area (Å²) in [6.45, 7) is 1.61. The molecule has 2 aliphatic carbocycles. The maximum absolute atomic E-state index is 12.8. The molecule has 1 saturated heterocycles. The number of carboxylic acid groups (broad SMARTS) is 1. The minimum Gasteiger partial charge on any atom is -0.481 e. The fourth-order valence-corrected chi connectivity index (χ4v) is 6.46. The van der Waals surface area contributed by atoms with Crippen LogP contribution in [0.4, 0.5) is 13.2 Å². The number of benzene rings is 1. The summed E-state index contributed by atoms with van der Waals surface area (Å²) >= 11 is 0. The lowest BCUT2D eigenvalue weighted by Crippen LogP contribution is -2.74. The number of likely N-dealkylation sites (N-methyl/N-ethyl adjacent to an activating group) is 1. The van der Waals surface area contributed by atoms with Crippen molar-refractivity contribution in [2.75, 3.05) is 13.6 Å². The molecule has 0 radical (unpaired) electrons. The summed E-state index contributed by atoms with van der Waals surface area (Å²) in [6.07, 6.45) is -5.68. The monoisotopic (exact) mass is 600 g/mol. The normalized spacial score (nSPS) is 28.5. The number of halogens is 3. The van der Waals surface area contributed by atoms with E-state index in [1.165, 1.54) is 6.92 Å². The number of rotatable bonds is 7. The number of aliphatic carboxylic acids is 1. The van der Waals surface area contributed by atoms with Crippen LogP contribution in [0.5, 0.6) is 5.75 Å². The van der Waals surface area contributed by atoms with Crippen molar-refractivity contribution in [3.05, 3.63) is 40.7 Å². The number of aliphatic hydroxyl groups is 3. The first-order valence-corrected chi connectivity index (χ1v) is 13.1. The number of hydrogen-bond donors (Lipinski definition) is 5. The Bertz CT molecular complexity index is 1320. The molecule has 1 amide bonds. The van der Waals surface area contributed by atoms with Crippen LogP contribution in [0.25, 0.3) is 0 Å². The lowest BCUT2D eigenvalue weighted by molar-refractivity contribution is -0.169. The highest BCUT2D eigenvalue weighted by Gasteiger charge is 2.71. The van der Waals surface area contributed by atoms with Gasteiger partial charge in [0, 0.05) is 23.6 Å². The standard InChI is InChI=1S/C25H30N2O9.C2HF3O/c1-12(29)22(31)26-15(23(32)33)10-18(30)35-16-5-6-25(34)17-9-13-3-4-14(11-28)20-19(13)24(25,21(16)36-20)7-8-27(17)2;3-2(4,5)1-6/h3-5,12,15,17,21,28-29,34H,6-11H2,1-2H3,(H,26,31)(H,32,33);1H/t12-,15-,17+,21-,24-,25+;/m0./s1. The third-order valence-corrected chi connectivity index (χ3v) is 8.36. The first kappa shape index (κ1) is 31.4.